The van der Waals surface area contributed by atoms with Gasteiger partial charge >= 0.3 is 0 Å². The van der Waals surface area contributed by atoms with Crippen LogP contribution in [0.1, 0.15) is 40.6 Å². The Morgan fingerprint density at radius 2 is 2.17 bits per heavy atom. The molecule has 1 aliphatic carbocycles. The van der Waals surface area contributed by atoms with Crippen LogP contribution in [-0.2, 0) is 22.4 Å². The molecule has 1 aromatic heterocycles. The Labute approximate surface area is 140 Å². The second-order valence-electron chi connectivity index (χ2n) is 6.24. The van der Waals surface area contributed by atoms with E-state index in [0.717, 1.165) is 44.3 Å². The van der Waals surface area contributed by atoms with Crippen LogP contribution in [0.5, 0.6) is 0 Å². The second kappa shape index (κ2) is 6.98. The average molecular weight is 337 g/mol. The summed E-state index contributed by atoms with van der Waals surface area (Å²) in [4.78, 5) is 27.4. The Kier molecular flexibility index (Phi) is 4.99. The van der Waals surface area contributed by atoms with E-state index >= 15 is 0 Å². The van der Waals surface area contributed by atoms with Crippen LogP contribution >= 0.6 is 11.3 Å². The number of primary amides is 1. The summed E-state index contributed by atoms with van der Waals surface area (Å²) in [6.45, 7) is 4.46. The maximum Gasteiger partial charge on any atom is 0.251 e. The summed E-state index contributed by atoms with van der Waals surface area (Å²) in [6.07, 6.45) is 4.19. The molecular weight excluding hydrogens is 314 g/mol. The number of fused-ring (bicyclic) bond motifs is 1. The smallest absolute Gasteiger partial charge is 0.251 e. The van der Waals surface area contributed by atoms with Crippen LogP contribution in [0.2, 0.25) is 0 Å². The van der Waals surface area contributed by atoms with E-state index in [2.05, 4.69) is 10.2 Å². The lowest BCUT2D eigenvalue weighted by atomic mass is 9.95. The number of anilines is 1. The van der Waals surface area contributed by atoms with E-state index in [9.17, 15) is 9.59 Å². The van der Waals surface area contributed by atoms with Crippen LogP contribution in [0.3, 0.4) is 0 Å². The summed E-state index contributed by atoms with van der Waals surface area (Å²) in [6, 6.07) is 0. The van der Waals surface area contributed by atoms with Crippen molar-refractivity contribution in [1.82, 2.24) is 4.90 Å². The van der Waals surface area contributed by atoms with Crippen molar-refractivity contribution in [2.24, 2.45) is 5.73 Å². The average Bonchev–Trinajstić information content (AvgIpc) is 2.84. The summed E-state index contributed by atoms with van der Waals surface area (Å²) < 4.78 is 5.48. The highest BCUT2D eigenvalue weighted by Gasteiger charge is 2.26. The fraction of sp³-hybridized carbons (Fsp3) is 0.625. The zero-order valence-electron chi connectivity index (χ0n) is 13.4. The number of amides is 2. The molecule has 6 nitrogen and oxygen atoms in total. The predicted molar refractivity (Wildman–Crippen MR) is 90.0 cm³/mol. The Hall–Kier alpha value is -1.44. The van der Waals surface area contributed by atoms with Crippen molar-refractivity contribution in [1.29, 1.82) is 0 Å². The largest absolute Gasteiger partial charge is 0.376 e. The first kappa shape index (κ1) is 16.4. The molecule has 126 valence electrons. The number of carbonyl (C=O) groups is 2. The summed E-state index contributed by atoms with van der Waals surface area (Å²) in [5, 5.41) is 3.53. The highest BCUT2D eigenvalue weighted by atomic mass is 32.1. The van der Waals surface area contributed by atoms with E-state index in [4.69, 9.17) is 10.5 Å². The molecule has 1 saturated heterocycles. The molecule has 1 fully saturated rings. The Bertz CT molecular complexity index is 614. The molecule has 3 N–H and O–H groups in total. The molecule has 0 radical (unpaired) electrons. The number of thiophene rings is 1. The molecule has 1 atom stereocenters. The first-order valence-corrected chi connectivity index (χ1v) is 8.94. The van der Waals surface area contributed by atoms with Gasteiger partial charge in [0.05, 0.1) is 24.8 Å². The van der Waals surface area contributed by atoms with E-state index in [-0.39, 0.29) is 12.0 Å². The molecule has 7 heteroatoms. The van der Waals surface area contributed by atoms with Gasteiger partial charge in [-0.05, 0) is 38.2 Å². The van der Waals surface area contributed by atoms with Gasteiger partial charge in [0.1, 0.15) is 5.00 Å². The van der Waals surface area contributed by atoms with Gasteiger partial charge in [-0.15, -0.1) is 11.3 Å². The van der Waals surface area contributed by atoms with Gasteiger partial charge in [-0.1, -0.05) is 0 Å². The molecule has 0 bridgehead atoms. The lowest BCUT2D eigenvalue weighted by Crippen LogP contribution is -2.44. The number of nitrogens with two attached hydrogens (primary N) is 1. The minimum absolute atomic E-state index is 0.0970. The zero-order valence-corrected chi connectivity index (χ0v) is 14.2. The molecule has 1 unspecified atom stereocenters. The van der Waals surface area contributed by atoms with Crippen molar-refractivity contribution in [3.8, 4) is 0 Å². The van der Waals surface area contributed by atoms with Gasteiger partial charge in [0.2, 0.25) is 5.91 Å². The standard InChI is InChI=1S/C16H23N3O3S/c1-10-8-19(6-7-22-10)9-13(20)18-16-14(15(17)21)11-4-2-3-5-12(11)23-16/h10H,2-9H2,1H3,(H2,17,21)(H,18,20). The highest BCUT2D eigenvalue weighted by Crippen LogP contribution is 2.37. The van der Waals surface area contributed by atoms with Crippen molar-refractivity contribution in [3.05, 3.63) is 16.0 Å². The number of nitrogens with one attached hydrogen (secondary N) is 1. The monoisotopic (exact) mass is 337 g/mol. The summed E-state index contributed by atoms with van der Waals surface area (Å²) in [5.41, 5.74) is 7.12. The van der Waals surface area contributed by atoms with Crippen LogP contribution in [0.25, 0.3) is 0 Å². The number of morpholine rings is 1. The second-order valence-corrected chi connectivity index (χ2v) is 7.35. The first-order valence-electron chi connectivity index (χ1n) is 8.12. The van der Waals surface area contributed by atoms with Crippen molar-refractivity contribution in [2.45, 2.75) is 38.7 Å². The minimum Gasteiger partial charge on any atom is -0.376 e. The Morgan fingerprint density at radius 1 is 1.39 bits per heavy atom. The fourth-order valence-electron chi connectivity index (χ4n) is 3.32. The number of hydrogen-bond acceptors (Lipinski definition) is 5. The highest BCUT2D eigenvalue weighted by molar-refractivity contribution is 7.17. The lowest BCUT2D eigenvalue weighted by Gasteiger charge is -2.30. The Morgan fingerprint density at radius 3 is 2.91 bits per heavy atom. The van der Waals surface area contributed by atoms with Gasteiger partial charge in [-0.3, -0.25) is 14.5 Å². The summed E-state index contributed by atoms with van der Waals surface area (Å²) in [5.74, 6) is -0.542. The maximum absolute atomic E-state index is 12.3. The number of rotatable bonds is 4. The first-order chi connectivity index (χ1) is 11.0. The van der Waals surface area contributed by atoms with E-state index in [1.54, 1.807) is 0 Å². The third-order valence-corrected chi connectivity index (χ3v) is 5.57. The van der Waals surface area contributed by atoms with Crippen LogP contribution in [-0.4, -0.2) is 49.1 Å². The molecule has 0 spiro atoms. The van der Waals surface area contributed by atoms with Crippen molar-refractivity contribution in [2.75, 3.05) is 31.6 Å². The van der Waals surface area contributed by atoms with Crippen molar-refractivity contribution in [3.63, 3.8) is 0 Å². The van der Waals surface area contributed by atoms with Crippen LogP contribution in [0, 0.1) is 0 Å². The van der Waals surface area contributed by atoms with Gasteiger partial charge in [0.25, 0.3) is 5.91 Å². The molecular formula is C16H23N3O3S. The third kappa shape index (κ3) is 3.73. The minimum atomic E-state index is -0.445. The quantitative estimate of drug-likeness (QED) is 0.869. The molecule has 0 aromatic carbocycles. The van der Waals surface area contributed by atoms with Gasteiger partial charge in [0.15, 0.2) is 0 Å². The number of aryl methyl sites for hydroxylation is 1. The maximum atomic E-state index is 12.3. The van der Waals surface area contributed by atoms with Gasteiger partial charge in [0, 0.05) is 18.0 Å². The molecule has 0 saturated carbocycles. The SMILES string of the molecule is CC1CN(CC(=O)Nc2sc3c(c2C(N)=O)CCCC3)CCO1. The topological polar surface area (TPSA) is 84.7 Å². The van der Waals surface area contributed by atoms with Crippen LogP contribution < -0.4 is 11.1 Å². The van der Waals surface area contributed by atoms with E-state index in [0.29, 0.717) is 23.7 Å². The number of carbonyl (C=O) groups excluding carboxylic acids is 2. The Balaban J connectivity index is 1.70. The van der Waals surface area contributed by atoms with E-state index < -0.39 is 5.91 Å². The lowest BCUT2D eigenvalue weighted by molar-refractivity contribution is -0.119. The number of hydrogen-bond donors (Lipinski definition) is 2. The normalized spacial score (nSPS) is 21.7. The fourth-order valence-corrected chi connectivity index (χ4v) is 4.63. The predicted octanol–water partition coefficient (Wildman–Crippen LogP) is 1.38. The van der Waals surface area contributed by atoms with E-state index in [1.807, 2.05) is 6.92 Å². The van der Waals surface area contributed by atoms with Crippen LogP contribution in [0.4, 0.5) is 5.00 Å². The number of nitrogens with zero attached hydrogens (tertiary/aromatic N) is 1. The molecule has 1 aromatic rings. The molecule has 3 rings (SSSR count). The molecule has 2 amide bonds. The van der Waals surface area contributed by atoms with Crippen molar-refractivity contribution >= 4 is 28.2 Å². The molecule has 1 aliphatic heterocycles. The van der Waals surface area contributed by atoms with Crippen LogP contribution in [0.15, 0.2) is 0 Å². The summed E-state index contributed by atoms with van der Waals surface area (Å²) >= 11 is 1.51. The van der Waals surface area contributed by atoms with Gasteiger partial charge < -0.3 is 15.8 Å². The van der Waals surface area contributed by atoms with E-state index in [1.165, 1.54) is 16.2 Å². The third-order valence-electron chi connectivity index (χ3n) is 4.36. The zero-order chi connectivity index (χ0) is 16.4. The molecule has 23 heavy (non-hydrogen) atoms. The van der Waals surface area contributed by atoms with Crippen molar-refractivity contribution < 1.29 is 14.3 Å². The number of ether oxygens (including phenoxy) is 1. The van der Waals surface area contributed by atoms with Gasteiger partial charge in [-0.25, -0.2) is 0 Å². The molecule has 2 aliphatic rings. The van der Waals surface area contributed by atoms with Gasteiger partial charge in [-0.2, -0.15) is 0 Å². The summed E-state index contributed by atoms with van der Waals surface area (Å²) in [7, 11) is 0. The molecule has 2 heterocycles.